The smallest absolute Gasteiger partial charge is 0.421 e. The molecular formula is C24H41N5O4S. The van der Waals surface area contributed by atoms with Crippen molar-refractivity contribution < 1.29 is 21.7 Å². The predicted octanol–water partition coefficient (Wildman–Crippen LogP) is 5.69. The molecular weight excluding hydrogens is 454 g/mol. The number of hydrogen-bond acceptors (Lipinski definition) is 7. The number of nitrogens with one attached hydrogen (secondary N) is 1. The van der Waals surface area contributed by atoms with Crippen LogP contribution < -0.4 is 9.88 Å². The first-order chi connectivity index (χ1) is 16.3. The van der Waals surface area contributed by atoms with Crippen molar-refractivity contribution in [3.05, 3.63) is 36.7 Å². The first-order valence-electron chi connectivity index (χ1n) is 12.1. The molecule has 34 heavy (non-hydrogen) atoms. The highest BCUT2D eigenvalue weighted by Crippen LogP contribution is 2.26. The minimum Gasteiger partial charge on any atom is -0.726 e. The highest BCUT2D eigenvalue weighted by atomic mass is 32.3. The van der Waals surface area contributed by atoms with Crippen LogP contribution in [0.1, 0.15) is 71.1 Å². The van der Waals surface area contributed by atoms with Gasteiger partial charge in [-0.25, -0.2) is 17.6 Å². The van der Waals surface area contributed by atoms with Gasteiger partial charge in [-0.1, -0.05) is 82.0 Å². The Labute approximate surface area is 205 Å². The van der Waals surface area contributed by atoms with Crippen molar-refractivity contribution in [2.75, 3.05) is 19.0 Å². The van der Waals surface area contributed by atoms with Crippen LogP contribution in [0.3, 0.4) is 0 Å². The monoisotopic (exact) mass is 495 g/mol. The number of azo groups is 1. The fourth-order valence-corrected chi connectivity index (χ4v) is 3.37. The molecule has 0 spiro atoms. The quantitative estimate of drug-likeness (QED) is 0.112. The molecule has 2 rings (SSSR count). The number of unbranched alkanes of at least 4 members (excludes halogenated alkanes) is 9. The maximum atomic E-state index is 9.22. The Bertz CT molecular complexity index is 925. The molecule has 0 aliphatic carbocycles. The van der Waals surface area contributed by atoms with E-state index in [1.807, 2.05) is 53.8 Å². The normalized spacial score (nSPS) is 11.4. The molecule has 0 saturated carbocycles. The standard InChI is InChI=1S/C23H37N5.CH4O4S/c1-4-5-6-7-8-9-10-11-12-15-18-24-21-16-13-14-17-22(21)25-26-23-27(2)19-20-28(23)3;1-5-6(2,3)4/h13-14,16-17,19-20H,4-12,15,18H2,1-3H3;1H3,(H,2,3,4). The molecule has 1 aromatic carbocycles. The van der Waals surface area contributed by atoms with Crippen LogP contribution in [0, 0.1) is 0 Å². The summed E-state index contributed by atoms with van der Waals surface area (Å²) >= 11 is 0. The maximum Gasteiger partial charge on any atom is 0.421 e. The molecule has 0 amide bonds. The first kappa shape index (κ1) is 29.7. The summed E-state index contributed by atoms with van der Waals surface area (Å²) in [7, 11) is 0.348. The Morgan fingerprint density at radius 2 is 1.56 bits per heavy atom. The van der Waals surface area contributed by atoms with Crippen LogP contribution >= 0.6 is 0 Å². The second-order valence-corrected chi connectivity index (χ2v) is 9.37. The van der Waals surface area contributed by atoms with E-state index in [1.165, 1.54) is 64.2 Å². The average Bonchev–Trinajstić information content (AvgIpc) is 3.13. The molecule has 0 radical (unpaired) electrons. The van der Waals surface area contributed by atoms with Gasteiger partial charge in [0.15, 0.2) is 0 Å². The SMILES string of the molecule is CCCCCCCCCCCCNc1ccccc1N=Nc1n(C)cc[n+]1C.COS(=O)(=O)[O-]. The number of anilines is 1. The molecule has 0 saturated heterocycles. The molecule has 0 atom stereocenters. The minimum absolute atomic E-state index is 0.808. The Hall–Kier alpha value is -2.30. The van der Waals surface area contributed by atoms with Gasteiger partial charge in [-0.2, -0.15) is 0 Å². The largest absolute Gasteiger partial charge is 0.726 e. The van der Waals surface area contributed by atoms with E-state index in [-0.39, 0.29) is 0 Å². The lowest BCUT2D eigenvalue weighted by Crippen LogP contribution is -2.25. The molecule has 0 bridgehead atoms. The summed E-state index contributed by atoms with van der Waals surface area (Å²) in [5.41, 5.74) is 1.94. The molecule has 2 aromatic rings. The van der Waals surface area contributed by atoms with E-state index in [2.05, 4.69) is 32.7 Å². The zero-order valence-electron chi connectivity index (χ0n) is 21.1. The van der Waals surface area contributed by atoms with Gasteiger partial charge in [0.25, 0.3) is 0 Å². The number of aromatic nitrogens is 2. The lowest BCUT2D eigenvalue weighted by molar-refractivity contribution is -0.657. The number of nitrogens with zero attached hydrogens (tertiary/aromatic N) is 4. The Morgan fingerprint density at radius 1 is 1.00 bits per heavy atom. The van der Waals surface area contributed by atoms with Crippen molar-refractivity contribution in [3.63, 3.8) is 0 Å². The number of hydrogen-bond donors (Lipinski definition) is 1. The van der Waals surface area contributed by atoms with Crippen LogP contribution in [0.2, 0.25) is 0 Å². The van der Waals surface area contributed by atoms with E-state index >= 15 is 0 Å². The Morgan fingerprint density at radius 3 is 2.09 bits per heavy atom. The summed E-state index contributed by atoms with van der Waals surface area (Å²) in [5.74, 6) is 0.824. The van der Waals surface area contributed by atoms with Gasteiger partial charge in [0.2, 0.25) is 10.4 Å². The molecule has 0 fully saturated rings. The van der Waals surface area contributed by atoms with Gasteiger partial charge in [-0.05, 0) is 18.6 Å². The molecule has 0 aliphatic rings. The summed E-state index contributed by atoms with van der Waals surface area (Å²) < 4.78 is 34.9. The van der Waals surface area contributed by atoms with E-state index in [0.29, 0.717) is 0 Å². The van der Waals surface area contributed by atoms with Crippen molar-refractivity contribution in [3.8, 4) is 0 Å². The zero-order valence-corrected chi connectivity index (χ0v) is 21.9. The van der Waals surface area contributed by atoms with Gasteiger partial charge in [0.1, 0.15) is 5.69 Å². The fraction of sp³-hybridized carbons (Fsp3) is 0.625. The van der Waals surface area contributed by atoms with Gasteiger partial charge >= 0.3 is 5.95 Å². The van der Waals surface area contributed by atoms with Crippen LogP contribution in [0.5, 0.6) is 0 Å². The molecule has 0 aliphatic heterocycles. The highest BCUT2D eigenvalue weighted by Gasteiger charge is 2.11. The van der Waals surface area contributed by atoms with Gasteiger partial charge in [-0.15, -0.1) is 0 Å². The van der Waals surface area contributed by atoms with E-state index < -0.39 is 10.4 Å². The lowest BCUT2D eigenvalue weighted by Gasteiger charge is -2.08. The van der Waals surface area contributed by atoms with Crippen LogP contribution in [0.15, 0.2) is 46.9 Å². The summed E-state index contributed by atoms with van der Waals surface area (Å²) in [5, 5.41) is 12.4. The van der Waals surface area contributed by atoms with Crippen molar-refractivity contribution in [2.24, 2.45) is 24.3 Å². The van der Waals surface area contributed by atoms with Crippen LogP contribution in [0.25, 0.3) is 0 Å². The van der Waals surface area contributed by atoms with Gasteiger partial charge < -0.3 is 9.87 Å². The predicted molar refractivity (Wildman–Crippen MR) is 134 cm³/mol. The first-order valence-corrected chi connectivity index (χ1v) is 13.4. The van der Waals surface area contributed by atoms with Crippen molar-refractivity contribution >= 4 is 27.7 Å². The van der Waals surface area contributed by atoms with E-state index in [9.17, 15) is 13.0 Å². The number of rotatable bonds is 15. The minimum atomic E-state index is -4.41. The third-order valence-corrected chi connectivity index (χ3v) is 5.75. The molecule has 1 aromatic heterocycles. The topological polar surface area (TPSA) is 112 Å². The molecule has 192 valence electrons. The van der Waals surface area contributed by atoms with E-state index in [1.54, 1.807) is 0 Å². The third kappa shape index (κ3) is 13.4. The molecule has 1 N–H and O–H groups in total. The molecule has 9 nitrogen and oxygen atoms in total. The average molecular weight is 496 g/mol. The number of benzene rings is 1. The lowest BCUT2D eigenvalue weighted by atomic mass is 10.1. The van der Waals surface area contributed by atoms with Crippen LogP contribution in [-0.4, -0.2) is 31.2 Å². The second-order valence-electron chi connectivity index (χ2n) is 8.22. The molecule has 10 heteroatoms. The Balaban J connectivity index is 0.000000852. The molecule has 1 heterocycles. The number of imidazole rings is 1. The van der Waals surface area contributed by atoms with Gasteiger partial charge in [-0.3, -0.25) is 4.18 Å². The zero-order chi connectivity index (χ0) is 25.2. The van der Waals surface area contributed by atoms with Crippen LogP contribution in [-0.2, 0) is 28.7 Å². The highest BCUT2D eigenvalue weighted by molar-refractivity contribution is 7.80. The van der Waals surface area contributed by atoms with Gasteiger partial charge in [0.05, 0.1) is 39.3 Å². The van der Waals surface area contributed by atoms with Crippen LogP contribution in [0.4, 0.5) is 17.3 Å². The van der Waals surface area contributed by atoms with Crippen molar-refractivity contribution in [1.29, 1.82) is 0 Å². The summed E-state index contributed by atoms with van der Waals surface area (Å²) in [6.07, 6.45) is 17.6. The molecule has 0 unspecified atom stereocenters. The maximum absolute atomic E-state index is 9.22. The fourth-order valence-electron chi connectivity index (χ4n) is 3.37. The second kappa shape index (κ2) is 17.2. The summed E-state index contributed by atoms with van der Waals surface area (Å²) in [6, 6.07) is 8.14. The Kier molecular flexibility index (Phi) is 15.0. The van der Waals surface area contributed by atoms with E-state index in [4.69, 9.17) is 0 Å². The number of aryl methyl sites for hydroxylation is 2. The van der Waals surface area contributed by atoms with Crippen molar-refractivity contribution in [2.45, 2.75) is 71.1 Å². The summed E-state index contributed by atoms with van der Waals surface area (Å²) in [6.45, 7) is 3.26. The number of para-hydroxylation sites is 1. The summed E-state index contributed by atoms with van der Waals surface area (Å²) in [4.78, 5) is 0. The van der Waals surface area contributed by atoms with Gasteiger partial charge in [0, 0.05) is 11.7 Å². The van der Waals surface area contributed by atoms with Crippen molar-refractivity contribution in [1.82, 2.24) is 4.57 Å². The van der Waals surface area contributed by atoms with E-state index in [0.717, 1.165) is 31.0 Å². The third-order valence-electron chi connectivity index (χ3n) is 5.35.